The Labute approximate surface area is 113 Å². The van der Waals surface area contributed by atoms with Crippen LogP contribution in [-0.4, -0.2) is 15.6 Å². The molecule has 2 N–H and O–H groups in total. The average Bonchev–Trinajstić information content (AvgIpc) is 2.79. The predicted molar refractivity (Wildman–Crippen MR) is 74.8 cm³/mol. The number of benzene rings is 1. The largest absolute Gasteiger partial charge is 0.318 e. The highest BCUT2D eigenvalue weighted by molar-refractivity contribution is 5.87. The fraction of sp³-hybridized carbons (Fsp3) is 0.333. The number of ketones is 1. The number of Topliss-reactive ketones (excluding diaryl/α,β-unsaturated/α-hetero) is 1. The Kier molecular flexibility index (Phi) is 3.81. The summed E-state index contributed by atoms with van der Waals surface area (Å²) in [6.45, 7) is 4.03. The van der Waals surface area contributed by atoms with Crippen LogP contribution in [0.4, 0.5) is 0 Å². The first kappa shape index (κ1) is 13.5. The molecular weight excluding hydrogens is 238 g/mol. The van der Waals surface area contributed by atoms with Crippen LogP contribution in [0.25, 0.3) is 0 Å². The Bertz CT molecular complexity index is 601. The number of hydrogen-bond acceptors (Lipinski definition) is 3. The number of nitrogens with zero attached hydrogens (tertiary/aromatic N) is 2. The van der Waals surface area contributed by atoms with E-state index in [1.807, 2.05) is 39.1 Å². The van der Waals surface area contributed by atoms with Gasteiger partial charge in [0.25, 0.3) is 0 Å². The Balaban J connectivity index is 2.14. The van der Waals surface area contributed by atoms with Gasteiger partial charge in [-0.1, -0.05) is 23.8 Å². The van der Waals surface area contributed by atoms with Crippen molar-refractivity contribution < 1.29 is 4.79 Å². The van der Waals surface area contributed by atoms with Gasteiger partial charge in [-0.25, -0.2) is 0 Å². The molecule has 100 valence electrons. The number of carbonyl (C=O) groups excluding carboxylic acids is 1. The lowest BCUT2D eigenvalue weighted by molar-refractivity contribution is -0.119. The van der Waals surface area contributed by atoms with Crippen LogP contribution in [0.2, 0.25) is 0 Å². The van der Waals surface area contributed by atoms with Gasteiger partial charge in [-0.05, 0) is 25.0 Å². The zero-order valence-electron chi connectivity index (χ0n) is 11.6. The minimum atomic E-state index is -0.603. The molecule has 0 fully saturated rings. The molecule has 4 nitrogen and oxygen atoms in total. The van der Waals surface area contributed by atoms with Crippen molar-refractivity contribution in [1.82, 2.24) is 9.78 Å². The fourth-order valence-corrected chi connectivity index (χ4v) is 2.08. The minimum Gasteiger partial charge on any atom is -0.318 e. The van der Waals surface area contributed by atoms with E-state index in [4.69, 9.17) is 5.73 Å². The summed E-state index contributed by atoms with van der Waals surface area (Å²) in [5.74, 6) is 0.0155. The molecule has 0 aliphatic carbocycles. The number of aromatic nitrogens is 2. The molecule has 0 radical (unpaired) electrons. The zero-order valence-corrected chi connectivity index (χ0v) is 11.6. The second-order valence-corrected chi connectivity index (χ2v) is 5.00. The third kappa shape index (κ3) is 3.09. The summed E-state index contributed by atoms with van der Waals surface area (Å²) in [7, 11) is 1.81. The lowest BCUT2D eigenvalue weighted by Gasteiger charge is -2.11. The third-order valence-electron chi connectivity index (χ3n) is 3.30. The van der Waals surface area contributed by atoms with Gasteiger partial charge in [0.2, 0.25) is 0 Å². The fourth-order valence-electron chi connectivity index (χ4n) is 2.08. The SMILES string of the molecule is Cc1ccc(C)c(CC(=O)C(N)c2cnn(C)c2)c1. The van der Waals surface area contributed by atoms with E-state index >= 15 is 0 Å². The summed E-state index contributed by atoms with van der Waals surface area (Å²) in [5.41, 5.74) is 10.1. The smallest absolute Gasteiger partial charge is 0.158 e. The van der Waals surface area contributed by atoms with Gasteiger partial charge in [-0.2, -0.15) is 5.10 Å². The van der Waals surface area contributed by atoms with Gasteiger partial charge in [-0.15, -0.1) is 0 Å². The highest BCUT2D eigenvalue weighted by Gasteiger charge is 2.18. The standard InChI is InChI=1S/C15H19N3O/c1-10-4-5-11(2)12(6-10)7-14(19)15(16)13-8-17-18(3)9-13/h4-6,8-9,15H,7,16H2,1-3H3. The lowest BCUT2D eigenvalue weighted by atomic mass is 9.96. The normalized spacial score (nSPS) is 12.4. The van der Waals surface area contributed by atoms with Gasteiger partial charge in [0.05, 0.1) is 12.2 Å². The van der Waals surface area contributed by atoms with Crippen LogP contribution < -0.4 is 5.73 Å². The quantitative estimate of drug-likeness (QED) is 0.909. The van der Waals surface area contributed by atoms with Crippen molar-refractivity contribution in [3.8, 4) is 0 Å². The highest BCUT2D eigenvalue weighted by atomic mass is 16.1. The molecule has 4 heteroatoms. The average molecular weight is 257 g/mol. The van der Waals surface area contributed by atoms with Crippen LogP contribution in [-0.2, 0) is 18.3 Å². The number of carbonyl (C=O) groups is 1. The Hall–Kier alpha value is -1.94. The van der Waals surface area contributed by atoms with E-state index in [1.165, 1.54) is 0 Å². The maximum Gasteiger partial charge on any atom is 0.158 e. The molecule has 1 aromatic carbocycles. The van der Waals surface area contributed by atoms with E-state index in [0.717, 1.165) is 22.3 Å². The Morgan fingerprint density at radius 3 is 2.79 bits per heavy atom. The molecule has 2 aromatic rings. The van der Waals surface area contributed by atoms with Gasteiger partial charge < -0.3 is 5.73 Å². The molecule has 1 atom stereocenters. The number of nitrogens with two attached hydrogens (primary N) is 1. The van der Waals surface area contributed by atoms with Crippen molar-refractivity contribution in [2.75, 3.05) is 0 Å². The van der Waals surface area contributed by atoms with E-state index in [0.29, 0.717) is 6.42 Å². The maximum absolute atomic E-state index is 12.2. The molecular formula is C15H19N3O. The molecule has 0 bridgehead atoms. The molecule has 0 spiro atoms. The second-order valence-electron chi connectivity index (χ2n) is 5.00. The molecule has 0 aliphatic heterocycles. The van der Waals surface area contributed by atoms with Gasteiger partial charge in [0.1, 0.15) is 0 Å². The number of rotatable bonds is 4. The maximum atomic E-state index is 12.2. The zero-order chi connectivity index (χ0) is 14.0. The summed E-state index contributed by atoms with van der Waals surface area (Å²) in [4.78, 5) is 12.2. The van der Waals surface area contributed by atoms with Crippen molar-refractivity contribution in [2.24, 2.45) is 12.8 Å². The minimum absolute atomic E-state index is 0.0155. The van der Waals surface area contributed by atoms with E-state index in [2.05, 4.69) is 5.10 Å². The van der Waals surface area contributed by atoms with Gasteiger partial charge >= 0.3 is 0 Å². The highest BCUT2D eigenvalue weighted by Crippen LogP contribution is 2.16. The van der Waals surface area contributed by atoms with E-state index < -0.39 is 6.04 Å². The van der Waals surface area contributed by atoms with Crippen molar-refractivity contribution in [3.63, 3.8) is 0 Å². The third-order valence-corrected chi connectivity index (χ3v) is 3.30. The molecule has 0 saturated heterocycles. The van der Waals surface area contributed by atoms with Gasteiger partial charge in [0.15, 0.2) is 5.78 Å². The van der Waals surface area contributed by atoms with Crippen molar-refractivity contribution in [3.05, 3.63) is 52.8 Å². The summed E-state index contributed by atoms with van der Waals surface area (Å²) < 4.78 is 1.65. The monoisotopic (exact) mass is 257 g/mol. The van der Waals surface area contributed by atoms with Crippen molar-refractivity contribution >= 4 is 5.78 Å². The van der Waals surface area contributed by atoms with Gasteiger partial charge in [0, 0.05) is 25.2 Å². The van der Waals surface area contributed by atoms with Crippen LogP contribution >= 0.6 is 0 Å². The molecule has 0 aliphatic rings. The van der Waals surface area contributed by atoms with Crippen LogP contribution in [0.3, 0.4) is 0 Å². The van der Waals surface area contributed by atoms with Crippen LogP contribution in [0.5, 0.6) is 0 Å². The van der Waals surface area contributed by atoms with Gasteiger partial charge in [-0.3, -0.25) is 9.48 Å². The lowest BCUT2D eigenvalue weighted by Crippen LogP contribution is -2.23. The summed E-state index contributed by atoms with van der Waals surface area (Å²) in [5, 5.41) is 4.04. The topological polar surface area (TPSA) is 60.9 Å². The molecule has 0 saturated carbocycles. The Morgan fingerprint density at radius 1 is 1.42 bits per heavy atom. The first-order chi connectivity index (χ1) is 8.97. The molecule has 0 amide bonds. The second kappa shape index (κ2) is 5.36. The molecule has 2 rings (SSSR count). The Morgan fingerprint density at radius 2 is 2.16 bits per heavy atom. The predicted octanol–water partition coefficient (Wildman–Crippen LogP) is 1.85. The molecule has 1 aromatic heterocycles. The molecule has 1 heterocycles. The van der Waals surface area contributed by atoms with E-state index in [-0.39, 0.29) is 5.78 Å². The van der Waals surface area contributed by atoms with E-state index in [1.54, 1.807) is 17.1 Å². The van der Waals surface area contributed by atoms with Crippen LogP contribution in [0.15, 0.2) is 30.6 Å². The van der Waals surface area contributed by atoms with E-state index in [9.17, 15) is 4.79 Å². The number of aryl methyl sites for hydroxylation is 3. The summed E-state index contributed by atoms with van der Waals surface area (Å²) in [6.07, 6.45) is 3.79. The summed E-state index contributed by atoms with van der Waals surface area (Å²) >= 11 is 0. The summed E-state index contributed by atoms with van der Waals surface area (Å²) in [6, 6.07) is 5.52. The molecule has 1 unspecified atom stereocenters. The van der Waals surface area contributed by atoms with Crippen LogP contribution in [0.1, 0.15) is 28.3 Å². The first-order valence-corrected chi connectivity index (χ1v) is 6.30. The van der Waals surface area contributed by atoms with Crippen LogP contribution in [0, 0.1) is 13.8 Å². The van der Waals surface area contributed by atoms with Crippen molar-refractivity contribution in [2.45, 2.75) is 26.3 Å². The number of hydrogen-bond donors (Lipinski definition) is 1. The van der Waals surface area contributed by atoms with Crippen molar-refractivity contribution in [1.29, 1.82) is 0 Å². The molecule has 19 heavy (non-hydrogen) atoms. The first-order valence-electron chi connectivity index (χ1n) is 6.30.